The Morgan fingerprint density at radius 3 is 2.60 bits per heavy atom. The number of nitrogens with one attached hydrogen (secondary N) is 3. The number of alkyl halides is 2. The van der Waals surface area contributed by atoms with Gasteiger partial charge in [-0.15, -0.1) is 0 Å². The van der Waals surface area contributed by atoms with E-state index in [1.165, 1.54) is 30.3 Å². The molecule has 0 spiro atoms. The summed E-state index contributed by atoms with van der Waals surface area (Å²) in [5, 5.41) is 4.61. The van der Waals surface area contributed by atoms with Gasteiger partial charge < -0.3 is 20.2 Å². The summed E-state index contributed by atoms with van der Waals surface area (Å²) in [4.78, 5) is 49.2. The van der Waals surface area contributed by atoms with E-state index in [0.29, 0.717) is 32.1 Å². The van der Waals surface area contributed by atoms with Gasteiger partial charge in [0.2, 0.25) is 11.8 Å². The molecule has 216 valence electrons. The molecule has 4 atom stereocenters. The molecule has 1 fully saturated rings. The van der Waals surface area contributed by atoms with Gasteiger partial charge in [-0.05, 0) is 48.9 Å². The highest BCUT2D eigenvalue weighted by molar-refractivity contribution is 7.99. The molecule has 0 saturated carbocycles. The fourth-order valence-corrected chi connectivity index (χ4v) is 5.25. The van der Waals surface area contributed by atoms with Crippen molar-refractivity contribution in [1.82, 2.24) is 15.4 Å². The summed E-state index contributed by atoms with van der Waals surface area (Å²) in [6, 6.07) is 11.9. The van der Waals surface area contributed by atoms with Crippen LogP contribution in [0.2, 0.25) is 5.02 Å². The number of carbonyl (C=O) groups excluding carboxylic acids is 4. The number of unbranched alkanes of at least 4 members (excludes halogenated alkanes) is 1. The lowest BCUT2D eigenvalue weighted by molar-refractivity contribution is -0.126. The van der Waals surface area contributed by atoms with Gasteiger partial charge in [-0.2, -0.15) is 8.78 Å². The normalized spacial score (nSPS) is 17.3. The minimum Gasteiger partial charge on any atom is -0.434 e. The number of amides is 3. The molecule has 0 bridgehead atoms. The molecule has 3 N–H and O–H groups in total. The first-order valence-corrected chi connectivity index (χ1v) is 14.3. The fraction of sp³-hybridized carbons (Fsp3) is 0.429. The van der Waals surface area contributed by atoms with Gasteiger partial charge in [-0.25, -0.2) is 4.79 Å². The van der Waals surface area contributed by atoms with Gasteiger partial charge in [-0.1, -0.05) is 73.8 Å². The summed E-state index contributed by atoms with van der Waals surface area (Å²) in [6.07, 6.45) is -0.0773. The Morgan fingerprint density at radius 1 is 1.23 bits per heavy atom. The predicted octanol–water partition coefficient (Wildman–Crippen LogP) is 5.32. The lowest BCUT2D eigenvalue weighted by atomic mass is 9.97. The van der Waals surface area contributed by atoms with Crippen LogP contribution in [0, 0.1) is 5.92 Å². The van der Waals surface area contributed by atoms with E-state index in [9.17, 15) is 19.2 Å². The molecule has 1 aliphatic heterocycles. The minimum absolute atomic E-state index is 0.0673. The second kappa shape index (κ2) is 15.0. The van der Waals surface area contributed by atoms with Crippen molar-refractivity contribution in [3.8, 4) is 0 Å². The number of ether oxygens (including phenoxy) is 1. The lowest BCUT2D eigenvalue weighted by Gasteiger charge is -2.28. The van der Waals surface area contributed by atoms with Crippen LogP contribution in [-0.4, -0.2) is 42.0 Å². The highest BCUT2D eigenvalue weighted by Crippen LogP contribution is 2.43. The second-order valence-electron chi connectivity index (χ2n) is 9.44. The Bertz CT molecular complexity index is 1170. The number of halogens is 3. The fourth-order valence-electron chi connectivity index (χ4n) is 4.31. The molecule has 8 nitrogen and oxygen atoms in total. The van der Waals surface area contributed by atoms with Crippen LogP contribution < -0.4 is 15.4 Å². The largest absolute Gasteiger partial charge is 0.434 e. The van der Waals surface area contributed by atoms with Gasteiger partial charge in [0.05, 0.1) is 6.04 Å². The van der Waals surface area contributed by atoms with Crippen LogP contribution in [-0.2, 0) is 25.0 Å². The second-order valence-corrected chi connectivity index (χ2v) is 10.9. The Labute approximate surface area is 241 Å². The number of carbonyl (C=O) groups is 4. The summed E-state index contributed by atoms with van der Waals surface area (Å²) in [5.74, 6) is -4.68. The van der Waals surface area contributed by atoms with Gasteiger partial charge >= 0.3 is 12.0 Å². The summed E-state index contributed by atoms with van der Waals surface area (Å²) < 4.78 is 38.8. The maximum atomic E-state index is 15.6. The molecule has 2 aromatic rings. The van der Waals surface area contributed by atoms with Gasteiger partial charge in [0.15, 0.2) is 6.10 Å². The minimum atomic E-state index is -3.63. The van der Waals surface area contributed by atoms with Crippen LogP contribution >= 0.6 is 23.5 Å². The van der Waals surface area contributed by atoms with E-state index in [2.05, 4.69) is 15.4 Å². The van der Waals surface area contributed by atoms with Crippen LogP contribution in [0.1, 0.15) is 56.3 Å². The Morgan fingerprint density at radius 2 is 1.98 bits per heavy atom. The quantitative estimate of drug-likeness (QED) is 0.201. The predicted molar refractivity (Wildman–Crippen MR) is 149 cm³/mol. The zero-order chi connectivity index (χ0) is 29.1. The Kier molecular flexibility index (Phi) is 11.8. The monoisotopic (exact) mass is 595 g/mol. The third-order valence-electron chi connectivity index (χ3n) is 6.46. The molecule has 12 heteroatoms. The number of benzene rings is 2. The highest BCUT2D eigenvalue weighted by Gasteiger charge is 2.45. The maximum absolute atomic E-state index is 15.6. The van der Waals surface area contributed by atoms with Crippen LogP contribution in [0.15, 0.2) is 54.6 Å². The van der Waals surface area contributed by atoms with Crippen LogP contribution in [0.5, 0.6) is 0 Å². The van der Waals surface area contributed by atoms with Crippen molar-refractivity contribution in [2.24, 2.45) is 5.92 Å². The molecular formula is C28H32ClF2N3O5S. The molecule has 0 unspecified atom stereocenters. The van der Waals surface area contributed by atoms with Gasteiger partial charge in [0.1, 0.15) is 11.5 Å². The smallest absolute Gasteiger partial charge is 0.418 e. The zero-order valence-corrected chi connectivity index (χ0v) is 23.5. The number of rotatable bonds is 14. The Hall–Kier alpha value is -3.18. The Balaban J connectivity index is 1.69. The maximum Gasteiger partial charge on any atom is 0.418 e. The molecule has 40 heavy (non-hydrogen) atoms. The number of aldehydes is 1. The number of hydrogen-bond acceptors (Lipinski definition) is 6. The molecule has 3 rings (SSSR count). The highest BCUT2D eigenvalue weighted by atomic mass is 35.5. The van der Waals surface area contributed by atoms with Gasteiger partial charge in [-0.3, -0.25) is 14.3 Å². The topological polar surface area (TPSA) is 114 Å². The van der Waals surface area contributed by atoms with Crippen LogP contribution in [0.4, 0.5) is 13.6 Å². The molecule has 0 radical (unpaired) electrons. The summed E-state index contributed by atoms with van der Waals surface area (Å²) >= 11 is 6.65. The summed E-state index contributed by atoms with van der Waals surface area (Å²) in [6.45, 7) is 2.45. The van der Waals surface area contributed by atoms with Crippen molar-refractivity contribution in [2.45, 2.75) is 62.3 Å². The van der Waals surface area contributed by atoms with E-state index in [-0.39, 0.29) is 28.8 Å². The molecule has 1 saturated heterocycles. The van der Waals surface area contributed by atoms with Crippen molar-refractivity contribution in [3.05, 3.63) is 70.7 Å². The standard InChI is InChI=1S/C28H32ClF2N3O5S/c1-2-3-12-23(26(37)33-22(17-35)15-19-13-14-32-25(19)36)40-34-27(38)39-24(18-8-5-4-6-9-18)28(30,31)20-10-7-11-21(29)16-20/h4-11,16-17,19,22-24H,2-3,12-15H2,1H3,(H,32,36)(H,33,37)(H,34,38)/t19-,22-,23-,24+/m0/s1. The first-order chi connectivity index (χ1) is 19.1. The zero-order valence-electron chi connectivity index (χ0n) is 21.9. The summed E-state index contributed by atoms with van der Waals surface area (Å²) in [7, 11) is 0. The van der Waals surface area contributed by atoms with E-state index >= 15 is 8.78 Å². The van der Waals surface area contributed by atoms with Gasteiger partial charge in [0.25, 0.3) is 0 Å². The first-order valence-electron chi connectivity index (χ1n) is 13.0. The van der Waals surface area contributed by atoms with Crippen molar-refractivity contribution in [2.75, 3.05) is 6.54 Å². The molecule has 0 aromatic heterocycles. The third kappa shape index (κ3) is 8.66. The molecule has 2 aromatic carbocycles. The van der Waals surface area contributed by atoms with E-state index < -0.39 is 40.9 Å². The van der Waals surface area contributed by atoms with Crippen molar-refractivity contribution >= 4 is 47.7 Å². The van der Waals surface area contributed by atoms with Crippen LogP contribution in [0.25, 0.3) is 0 Å². The average Bonchev–Trinajstić information content (AvgIpc) is 3.35. The van der Waals surface area contributed by atoms with Crippen molar-refractivity contribution in [3.63, 3.8) is 0 Å². The molecule has 1 aliphatic rings. The first kappa shape index (κ1) is 31.3. The molecule has 1 heterocycles. The third-order valence-corrected chi connectivity index (χ3v) is 7.71. The van der Waals surface area contributed by atoms with Crippen molar-refractivity contribution < 1.29 is 32.7 Å². The lowest BCUT2D eigenvalue weighted by Crippen LogP contribution is -2.43. The van der Waals surface area contributed by atoms with Crippen molar-refractivity contribution in [1.29, 1.82) is 0 Å². The van der Waals surface area contributed by atoms with E-state index in [0.717, 1.165) is 24.4 Å². The van der Waals surface area contributed by atoms with Gasteiger partial charge in [0, 0.05) is 23.0 Å². The van der Waals surface area contributed by atoms with Crippen LogP contribution in [0.3, 0.4) is 0 Å². The average molecular weight is 596 g/mol. The molecule has 3 amide bonds. The van der Waals surface area contributed by atoms with E-state index in [1.54, 1.807) is 18.2 Å². The van der Waals surface area contributed by atoms with E-state index in [1.807, 2.05) is 6.92 Å². The molecular weight excluding hydrogens is 564 g/mol. The SMILES string of the molecule is CCCC[C@H](SNC(=O)O[C@H](c1ccccc1)C(F)(F)c1cccc(Cl)c1)C(=O)N[C@H](C=O)C[C@@H]1CCNC1=O. The van der Waals surface area contributed by atoms with E-state index in [4.69, 9.17) is 16.3 Å². The molecule has 0 aliphatic carbocycles. The number of hydrogen-bond donors (Lipinski definition) is 3. The summed E-state index contributed by atoms with van der Waals surface area (Å²) in [5.41, 5.74) is -0.358.